The lowest BCUT2D eigenvalue weighted by molar-refractivity contribution is 0.0658. The minimum Gasteiger partial charge on any atom is -0.507 e. The van der Waals surface area contributed by atoms with E-state index < -0.39 is 0 Å². The Labute approximate surface area is 140 Å². The number of nitrogens with one attached hydrogen (secondary N) is 1. The molecule has 2 N–H and O–H groups in total. The number of nitrogens with zero attached hydrogens (tertiary/aromatic N) is 1. The molecule has 21 heavy (non-hydrogen) atoms. The molecule has 1 amide bonds. The van der Waals surface area contributed by atoms with E-state index >= 15 is 0 Å². The van der Waals surface area contributed by atoms with Crippen molar-refractivity contribution in [1.82, 2.24) is 10.2 Å². The van der Waals surface area contributed by atoms with Gasteiger partial charge in [-0.1, -0.05) is 0 Å². The molecule has 5 heteroatoms. The van der Waals surface area contributed by atoms with Gasteiger partial charge in [-0.15, -0.1) is 0 Å². The molecule has 0 aromatic heterocycles. The molecule has 0 saturated carbocycles. The van der Waals surface area contributed by atoms with Crippen molar-refractivity contribution in [3.05, 3.63) is 27.3 Å². The second-order valence-electron chi connectivity index (χ2n) is 5.93. The molecule has 2 rings (SSSR count). The minimum atomic E-state index is -0.0772. The summed E-state index contributed by atoms with van der Waals surface area (Å²) in [6.45, 7) is 6.84. The quantitative estimate of drug-likeness (QED) is 0.762. The number of phenols is 1. The van der Waals surface area contributed by atoms with E-state index in [9.17, 15) is 9.90 Å². The molecular formula is C16H23IN2O2. The number of hydrogen-bond donors (Lipinski definition) is 2. The van der Waals surface area contributed by atoms with E-state index in [1.54, 1.807) is 18.2 Å². The molecule has 0 bridgehead atoms. The fourth-order valence-corrected chi connectivity index (χ4v) is 3.21. The van der Waals surface area contributed by atoms with Gasteiger partial charge in [-0.25, -0.2) is 0 Å². The van der Waals surface area contributed by atoms with Crippen LogP contribution in [0.4, 0.5) is 0 Å². The van der Waals surface area contributed by atoms with Crippen LogP contribution in [-0.4, -0.2) is 41.6 Å². The average molecular weight is 402 g/mol. The maximum atomic E-state index is 12.8. The number of benzene rings is 1. The lowest BCUT2D eigenvalue weighted by Crippen LogP contribution is -2.44. The van der Waals surface area contributed by atoms with E-state index in [4.69, 9.17) is 0 Å². The molecule has 4 nitrogen and oxygen atoms in total. The van der Waals surface area contributed by atoms with Crippen molar-refractivity contribution in [2.45, 2.75) is 32.7 Å². The average Bonchev–Trinajstić information content (AvgIpc) is 2.47. The lowest BCUT2D eigenvalue weighted by atomic mass is 9.98. The summed E-state index contributed by atoms with van der Waals surface area (Å²) >= 11 is 2.16. The molecule has 1 fully saturated rings. The van der Waals surface area contributed by atoms with Crippen LogP contribution in [0.25, 0.3) is 0 Å². The third-order valence-electron chi connectivity index (χ3n) is 3.93. The van der Waals surface area contributed by atoms with Crippen molar-refractivity contribution in [3.8, 4) is 5.75 Å². The van der Waals surface area contributed by atoms with Crippen molar-refractivity contribution in [1.29, 1.82) is 0 Å². The highest BCUT2D eigenvalue weighted by Crippen LogP contribution is 2.23. The first-order valence-corrected chi connectivity index (χ1v) is 8.57. The largest absolute Gasteiger partial charge is 0.507 e. The molecule has 1 aromatic carbocycles. The summed E-state index contributed by atoms with van der Waals surface area (Å²) < 4.78 is 0.955. The maximum absolute atomic E-state index is 12.8. The van der Waals surface area contributed by atoms with E-state index in [0.29, 0.717) is 11.5 Å². The van der Waals surface area contributed by atoms with Gasteiger partial charge in [-0.05, 0) is 86.5 Å². The standard InChI is InChI=1S/C16H23IN2O2/c1-11(2)19(10-12-4-3-7-18-9-12)16(21)14-8-13(17)5-6-15(14)20/h5-6,8,11-12,18,20H,3-4,7,9-10H2,1-2H3. The van der Waals surface area contributed by atoms with Crippen molar-refractivity contribution in [3.63, 3.8) is 0 Å². The molecule has 1 heterocycles. The third kappa shape index (κ3) is 4.32. The lowest BCUT2D eigenvalue weighted by Gasteiger charge is -2.33. The molecule has 1 aliphatic rings. The predicted molar refractivity (Wildman–Crippen MR) is 92.6 cm³/mol. The second kappa shape index (κ2) is 7.45. The van der Waals surface area contributed by atoms with Crippen LogP contribution < -0.4 is 5.32 Å². The first kappa shape index (κ1) is 16.5. The Morgan fingerprint density at radius 1 is 1.52 bits per heavy atom. The maximum Gasteiger partial charge on any atom is 0.257 e. The van der Waals surface area contributed by atoms with Gasteiger partial charge >= 0.3 is 0 Å². The highest BCUT2D eigenvalue weighted by atomic mass is 127. The number of carbonyl (C=O) groups excluding carboxylic acids is 1. The Bertz CT molecular complexity index is 499. The van der Waals surface area contributed by atoms with Gasteiger partial charge in [-0.2, -0.15) is 0 Å². The summed E-state index contributed by atoms with van der Waals surface area (Å²) in [6.07, 6.45) is 2.32. The van der Waals surface area contributed by atoms with Crippen LogP contribution >= 0.6 is 22.6 Å². The SMILES string of the molecule is CC(C)N(CC1CCCNC1)C(=O)c1cc(I)ccc1O. The molecule has 0 radical (unpaired) electrons. The molecule has 1 aromatic rings. The van der Waals surface area contributed by atoms with E-state index in [-0.39, 0.29) is 17.7 Å². The van der Waals surface area contributed by atoms with Crippen molar-refractivity contribution < 1.29 is 9.90 Å². The number of rotatable bonds is 4. The van der Waals surface area contributed by atoms with Gasteiger partial charge in [0.25, 0.3) is 5.91 Å². The summed E-state index contributed by atoms with van der Waals surface area (Å²) in [5.74, 6) is 0.481. The number of carbonyl (C=O) groups is 1. The smallest absolute Gasteiger partial charge is 0.257 e. The van der Waals surface area contributed by atoms with Crippen molar-refractivity contribution in [2.24, 2.45) is 5.92 Å². The number of amides is 1. The van der Waals surface area contributed by atoms with E-state index in [1.165, 1.54) is 6.42 Å². The Morgan fingerprint density at radius 2 is 2.29 bits per heavy atom. The van der Waals surface area contributed by atoms with Gasteiger partial charge in [0.1, 0.15) is 5.75 Å². The normalized spacial score (nSPS) is 18.8. The van der Waals surface area contributed by atoms with E-state index in [0.717, 1.165) is 29.6 Å². The zero-order valence-corrected chi connectivity index (χ0v) is 14.8. The van der Waals surface area contributed by atoms with Crippen molar-refractivity contribution in [2.75, 3.05) is 19.6 Å². The van der Waals surface area contributed by atoms with Crippen LogP contribution in [-0.2, 0) is 0 Å². The molecular weight excluding hydrogens is 379 g/mol. The highest BCUT2D eigenvalue weighted by molar-refractivity contribution is 14.1. The zero-order chi connectivity index (χ0) is 15.4. The van der Waals surface area contributed by atoms with E-state index in [2.05, 4.69) is 27.9 Å². The molecule has 0 aliphatic carbocycles. The van der Waals surface area contributed by atoms with Gasteiger partial charge in [0, 0.05) is 16.2 Å². The first-order valence-electron chi connectivity index (χ1n) is 7.49. The van der Waals surface area contributed by atoms with Gasteiger partial charge in [0.15, 0.2) is 0 Å². The van der Waals surface area contributed by atoms with Crippen LogP contribution in [0.5, 0.6) is 5.75 Å². The number of halogens is 1. The Hall–Kier alpha value is -0.820. The number of piperidine rings is 1. The fourth-order valence-electron chi connectivity index (χ4n) is 2.72. The zero-order valence-electron chi connectivity index (χ0n) is 12.6. The highest BCUT2D eigenvalue weighted by Gasteiger charge is 2.25. The number of phenolic OH excluding ortho intramolecular Hbond substituents is 1. The van der Waals surface area contributed by atoms with Crippen LogP contribution in [0.15, 0.2) is 18.2 Å². The van der Waals surface area contributed by atoms with Crippen molar-refractivity contribution >= 4 is 28.5 Å². The third-order valence-corrected chi connectivity index (χ3v) is 4.60. The Balaban J connectivity index is 2.16. The Kier molecular flexibility index (Phi) is 5.87. The number of hydrogen-bond acceptors (Lipinski definition) is 3. The van der Waals surface area contributed by atoms with Crippen LogP contribution in [0, 0.1) is 9.49 Å². The molecule has 1 unspecified atom stereocenters. The van der Waals surface area contributed by atoms with Gasteiger partial charge in [-0.3, -0.25) is 4.79 Å². The van der Waals surface area contributed by atoms with Crippen LogP contribution in [0.2, 0.25) is 0 Å². The number of aromatic hydroxyl groups is 1. The van der Waals surface area contributed by atoms with Gasteiger partial charge in [0.05, 0.1) is 5.56 Å². The fraction of sp³-hybridized carbons (Fsp3) is 0.562. The van der Waals surface area contributed by atoms with E-state index in [1.807, 2.05) is 18.7 Å². The predicted octanol–water partition coefficient (Wildman–Crippen LogP) is 2.85. The summed E-state index contributed by atoms with van der Waals surface area (Å²) in [5.41, 5.74) is 0.402. The summed E-state index contributed by atoms with van der Waals surface area (Å²) in [6, 6.07) is 5.27. The summed E-state index contributed by atoms with van der Waals surface area (Å²) in [7, 11) is 0. The summed E-state index contributed by atoms with van der Waals surface area (Å²) in [4.78, 5) is 14.7. The molecule has 1 atom stereocenters. The molecule has 1 saturated heterocycles. The van der Waals surface area contributed by atoms with Crippen LogP contribution in [0.1, 0.15) is 37.0 Å². The minimum absolute atomic E-state index is 0.0628. The first-order chi connectivity index (χ1) is 9.99. The topological polar surface area (TPSA) is 52.6 Å². The second-order valence-corrected chi connectivity index (χ2v) is 7.17. The molecule has 1 aliphatic heterocycles. The Morgan fingerprint density at radius 3 is 2.90 bits per heavy atom. The monoisotopic (exact) mass is 402 g/mol. The molecule has 116 valence electrons. The van der Waals surface area contributed by atoms with Crippen LogP contribution in [0.3, 0.4) is 0 Å². The molecule has 0 spiro atoms. The van der Waals surface area contributed by atoms with Gasteiger partial charge < -0.3 is 15.3 Å². The van der Waals surface area contributed by atoms with Gasteiger partial charge in [0.2, 0.25) is 0 Å². The summed E-state index contributed by atoms with van der Waals surface area (Å²) in [5, 5.41) is 13.4.